The van der Waals surface area contributed by atoms with Crippen LogP contribution in [0.25, 0.3) is 16.8 Å². The minimum atomic E-state index is -0.442. The molecule has 0 aromatic heterocycles. The van der Waals surface area contributed by atoms with E-state index in [2.05, 4.69) is 0 Å². The number of ether oxygens (including phenoxy) is 2. The topological polar surface area (TPSA) is 35.5 Å². The van der Waals surface area contributed by atoms with Gasteiger partial charge in [-0.1, -0.05) is 54.6 Å². The third-order valence-corrected chi connectivity index (χ3v) is 3.50. The quantitative estimate of drug-likeness (QED) is 0.405. The van der Waals surface area contributed by atoms with Gasteiger partial charge in [0.05, 0.1) is 7.11 Å². The van der Waals surface area contributed by atoms with Gasteiger partial charge in [0.1, 0.15) is 0 Å². The van der Waals surface area contributed by atoms with Crippen LogP contribution in [0, 0.1) is 0 Å². The van der Waals surface area contributed by atoms with Crippen molar-refractivity contribution < 1.29 is 14.3 Å². The molecule has 3 rings (SSSR count). The lowest BCUT2D eigenvalue weighted by Crippen LogP contribution is -2.04. The lowest BCUT2D eigenvalue weighted by atomic mass is 10.0. The normalized spacial score (nSPS) is 10.8. The first-order chi connectivity index (χ1) is 11.3. The van der Waals surface area contributed by atoms with E-state index >= 15 is 0 Å². The largest absolute Gasteiger partial charge is 0.493 e. The molecule has 0 bridgehead atoms. The number of hydrogen-bond donors (Lipinski definition) is 0. The lowest BCUT2D eigenvalue weighted by Gasteiger charge is -2.07. The highest BCUT2D eigenvalue weighted by molar-refractivity contribution is 5.95. The highest BCUT2D eigenvalue weighted by Crippen LogP contribution is 2.26. The molecular formula is C20H16O3. The van der Waals surface area contributed by atoms with Crippen molar-refractivity contribution >= 4 is 22.8 Å². The zero-order valence-corrected chi connectivity index (χ0v) is 12.7. The third-order valence-electron chi connectivity index (χ3n) is 3.50. The van der Waals surface area contributed by atoms with E-state index in [9.17, 15) is 4.79 Å². The van der Waals surface area contributed by atoms with Crippen LogP contribution in [0.15, 0.2) is 72.8 Å². The zero-order chi connectivity index (χ0) is 16.1. The second-order valence-electron chi connectivity index (χ2n) is 4.97. The summed E-state index contributed by atoms with van der Waals surface area (Å²) in [5.74, 6) is 0.490. The fourth-order valence-electron chi connectivity index (χ4n) is 2.40. The van der Waals surface area contributed by atoms with E-state index in [0.29, 0.717) is 11.5 Å². The molecule has 3 nitrogen and oxygen atoms in total. The molecule has 0 amide bonds. The maximum absolute atomic E-state index is 12.0. The zero-order valence-electron chi connectivity index (χ0n) is 12.7. The molecule has 0 radical (unpaired) electrons. The first kappa shape index (κ1) is 14.9. The molecule has 3 aromatic rings. The van der Waals surface area contributed by atoms with Crippen molar-refractivity contribution in [3.8, 4) is 11.5 Å². The summed E-state index contributed by atoms with van der Waals surface area (Å²) in [5.41, 5.74) is 0.972. The van der Waals surface area contributed by atoms with Crippen LogP contribution in [0.5, 0.6) is 11.5 Å². The van der Waals surface area contributed by atoms with Gasteiger partial charge in [0.2, 0.25) is 0 Å². The van der Waals surface area contributed by atoms with E-state index in [1.54, 1.807) is 31.4 Å². The molecular weight excluding hydrogens is 288 g/mol. The SMILES string of the molecule is COc1ccccc1OC(=O)C=Cc1cccc2ccccc12. The average molecular weight is 304 g/mol. The van der Waals surface area contributed by atoms with Crippen molar-refractivity contribution in [1.82, 2.24) is 0 Å². The van der Waals surface area contributed by atoms with Gasteiger partial charge >= 0.3 is 5.97 Å². The van der Waals surface area contributed by atoms with E-state index < -0.39 is 5.97 Å². The van der Waals surface area contributed by atoms with Crippen LogP contribution in [0.1, 0.15) is 5.56 Å². The van der Waals surface area contributed by atoms with Crippen molar-refractivity contribution in [2.45, 2.75) is 0 Å². The average Bonchev–Trinajstić information content (AvgIpc) is 2.60. The van der Waals surface area contributed by atoms with Gasteiger partial charge in [-0.15, -0.1) is 0 Å². The number of rotatable bonds is 4. The van der Waals surface area contributed by atoms with E-state index in [1.165, 1.54) is 6.08 Å². The highest BCUT2D eigenvalue weighted by Gasteiger charge is 2.06. The number of carbonyl (C=O) groups is 1. The molecule has 0 saturated heterocycles. The Labute approximate surface area is 134 Å². The number of carbonyl (C=O) groups excluding carboxylic acids is 1. The smallest absolute Gasteiger partial charge is 0.336 e. The van der Waals surface area contributed by atoms with Gasteiger partial charge in [-0.25, -0.2) is 4.79 Å². The summed E-state index contributed by atoms with van der Waals surface area (Å²) in [6, 6.07) is 21.1. The first-order valence-electron chi connectivity index (χ1n) is 7.28. The van der Waals surface area contributed by atoms with Crippen LogP contribution in [0.2, 0.25) is 0 Å². The Kier molecular flexibility index (Phi) is 4.39. The van der Waals surface area contributed by atoms with E-state index in [4.69, 9.17) is 9.47 Å². The maximum atomic E-state index is 12.0. The Balaban J connectivity index is 1.80. The first-order valence-corrected chi connectivity index (χ1v) is 7.28. The molecule has 0 aliphatic heterocycles. The van der Waals surface area contributed by atoms with E-state index in [0.717, 1.165) is 16.3 Å². The molecule has 3 aromatic carbocycles. The number of fused-ring (bicyclic) bond motifs is 1. The predicted molar refractivity (Wildman–Crippen MR) is 91.6 cm³/mol. The standard InChI is InChI=1S/C20H16O3/c1-22-18-11-4-5-12-19(18)23-20(21)14-13-16-9-6-8-15-7-2-3-10-17(15)16/h2-14H,1H3. The van der Waals surface area contributed by atoms with Crippen molar-refractivity contribution in [2.24, 2.45) is 0 Å². The Bertz CT molecular complexity index is 860. The molecule has 3 heteroatoms. The Morgan fingerprint density at radius 3 is 2.39 bits per heavy atom. The summed E-state index contributed by atoms with van der Waals surface area (Å²) < 4.78 is 10.5. The molecule has 0 atom stereocenters. The Morgan fingerprint density at radius 1 is 0.870 bits per heavy atom. The molecule has 114 valence electrons. The fourth-order valence-corrected chi connectivity index (χ4v) is 2.40. The molecule has 0 aliphatic rings. The van der Waals surface area contributed by atoms with E-state index in [1.807, 2.05) is 48.5 Å². The maximum Gasteiger partial charge on any atom is 0.336 e. The molecule has 0 unspecified atom stereocenters. The van der Waals surface area contributed by atoms with Crippen LogP contribution < -0.4 is 9.47 Å². The van der Waals surface area contributed by atoms with Gasteiger partial charge in [0.25, 0.3) is 0 Å². The number of benzene rings is 3. The third kappa shape index (κ3) is 3.40. The van der Waals surface area contributed by atoms with Crippen molar-refractivity contribution in [1.29, 1.82) is 0 Å². The minimum absolute atomic E-state index is 0.405. The molecule has 0 aliphatic carbocycles. The second kappa shape index (κ2) is 6.79. The molecule has 23 heavy (non-hydrogen) atoms. The summed E-state index contributed by atoms with van der Waals surface area (Å²) in [6.07, 6.45) is 3.19. The second-order valence-corrected chi connectivity index (χ2v) is 4.97. The van der Waals surface area contributed by atoms with Crippen molar-refractivity contribution in [3.63, 3.8) is 0 Å². The predicted octanol–water partition coefficient (Wildman–Crippen LogP) is 4.47. The van der Waals surface area contributed by atoms with Gasteiger partial charge in [-0.3, -0.25) is 0 Å². The van der Waals surface area contributed by atoms with Gasteiger partial charge in [-0.05, 0) is 34.5 Å². The van der Waals surface area contributed by atoms with E-state index in [-0.39, 0.29) is 0 Å². The summed E-state index contributed by atoms with van der Waals surface area (Å²) in [4.78, 5) is 12.0. The van der Waals surface area contributed by atoms with Crippen molar-refractivity contribution in [3.05, 3.63) is 78.4 Å². The monoisotopic (exact) mass is 304 g/mol. The number of para-hydroxylation sites is 2. The number of methoxy groups -OCH3 is 1. The van der Waals surface area contributed by atoms with Gasteiger partial charge in [0.15, 0.2) is 11.5 Å². The van der Waals surface area contributed by atoms with Crippen LogP contribution >= 0.6 is 0 Å². The molecule has 0 fully saturated rings. The molecule has 0 spiro atoms. The minimum Gasteiger partial charge on any atom is -0.493 e. The highest BCUT2D eigenvalue weighted by atomic mass is 16.6. The number of hydrogen-bond acceptors (Lipinski definition) is 3. The van der Waals surface area contributed by atoms with Crippen LogP contribution in [-0.4, -0.2) is 13.1 Å². The number of esters is 1. The summed E-state index contributed by atoms with van der Waals surface area (Å²) >= 11 is 0. The fraction of sp³-hybridized carbons (Fsp3) is 0.0500. The van der Waals surface area contributed by atoms with Crippen LogP contribution in [0.3, 0.4) is 0 Å². The van der Waals surface area contributed by atoms with Gasteiger partial charge in [0, 0.05) is 6.08 Å². The van der Waals surface area contributed by atoms with Gasteiger partial charge in [-0.2, -0.15) is 0 Å². The summed E-state index contributed by atoms with van der Waals surface area (Å²) in [5, 5.41) is 2.23. The van der Waals surface area contributed by atoms with Crippen LogP contribution in [-0.2, 0) is 4.79 Å². The molecule has 0 N–H and O–H groups in total. The summed E-state index contributed by atoms with van der Waals surface area (Å²) in [6.45, 7) is 0. The van der Waals surface area contributed by atoms with Gasteiger partial charge < -0.3 is 9.47 Å². The van der Waals surface area contributed by atoms with Crippen LogP contribution in [0.4, 0.5) is 0 Å². The summed E-state index contributed by atoms with van der Waals surface area (Å²) in [7, 11) is 1.54. The van der Waals surface area contributed by atoms with Crippen molar-refractivity contribution in [2.75, 3.05) is 7.11 Å². The Morgan fingerprint density at radius 2 is 1.57 bits per heavy atom. The molecule has 0 heterocycles. The lowest BCUT2D eigenvalue weighted by molar-refractivity contribution is -0.129. The Hall–Kier alpha value is -3.07. The molecule has 0 saturated carbocycles.